The second kappa shape index (κ2) is 9.40. The van der Waals surface area contributed by atoms with E-state index in [1.54, 1.807) is 0 Å². The number of carbonyl (C=O) groups excluding carboxylic acids is 2. The molecule has 1 saturated carbocycles. The van der Waals surface area contributed by atoms with E-state index in [2.05, 4.69) is 20.9 Å². The molecule has 0 bridgehead atoms. The molecule has 1 aromatic rings. The van der Waals surface area contributed by atoms with Crippen LogP contribution < -0.4 is 16.0 Å². The van der Waals surface area contributed by atoms with E-state index in [0.29, 0.717) is 25.3 Å². The van der Waals surface area contributed by atoms with Gasteiger partial charge in [0, 0.05) is 25.2 Å². The number of pyridine rings is 1. The van der Waals surface area contributed by atoms with E-state index in [9.17, 15) is 22.8 Å². The lowest BCUT2D eigenvalue weighted by Crippen LogP contribution is -2.39. The molecule has 0 unspecified atom stereocenters. The summed E-state index contributed by atoms with van der Waals surface area (Å²) in [6.07, 6.45) is 0.843. The third-order valence-electron chi connectivity index (χ3n) is 4.22. The lowest BCUT2D eigenvalue weighted by molar-refractivity contribution is -0.137. The predicted molar refractivity (Wildman–Crippen MR) is 90.3 cm³/mol. The average molecular weight is 372 g/mol. The number of hydrogen-bond donors (Lipinski definition) is 3. The van der Waals surface area contributed by atoms with Gasteiger partial charge in [-0.15, -0.1) is 0 Å². The molecule has 1 fully saturated rings. The third kappa shape index (κ3) is 6.53. The van der Waals surface area contributed by atoms with Crippen molar-refractivity contribution >= 4 is 17.6 Å². The van der Waals surface area contributed by atoms with Crippen LogP contribution in [0.2, 0.25) is 0 Å². The quantitative estimate of drug-likeness (QED) is 0.612. The van der Waals surface area contributed by atoms with Gasteiger partial charge in [0.05, 0.1) is 12.1 Å². The normalized spacial score (nSPS) is 14.9. The SMILES string of the molecule is O=C(CNC(=O)C1CCCC1)NCCCNc1ccc(C(F)(F)F)cn1. The van der Waals surface area contributed by atoms with Crippen molar-refractivity contribution < 1.29 is 22.8 Å². The molecule has 6 nitrogen and oxygen atoms in total. The van der Waals surface area contributed by atoms with Crippen molar-refractivity contribution in [3.8, 4) is 0 Å². The van der Waals surface area contributed by atoms with Crippen molar-refractivity contribution in [2.75, 3.05) is 25.0 Å². The maximum atomic E-state index is 12.4. The predicted octanol–water partition coefficient (Wildman–Crippen LogP) is 2.32. The number of halogens is 3. The number of rotatable bonds is 8. The summed E-state index contributed by atoms with van der Waals surface area (Å²) in [7, 11) is 0. The molecule has 1 aromatic heterocycles. The minimum atomic E-state index is -4.40. The summed E-state index contributed by atoms with van der Waals surface area (Å²) in [5, 5.41) is 8.21. The summed E-state index contributed by atoms with van der Waals surface area (Å²) >= 11 is 0. The number of carbonyl (C=O) groups is 2. The molecule has 1 aliphatic carbocycles. The van der Waals surface area contributed by atoms with Gasteiger partial charge in [0.2, 0.25) is 11.8 Å². The summed E-state index contributed by atoms with van der Waals surface area (Å²) in [5.74, 6) is 0.0492. The smallest absolute Gasteiger partial charge is 0.370 e. The number of aromatic nitrogens is 1. The van der Waals surface area contributed by atoms with E-state index in [1.165, 1.54) is 6.07 Å². The summed E-state index contributed by atoms with van der Waals surface area (Å²) in [6.45, 7) is 0.808. The number of nitrogens with zero attached hydrogens (tertiary/aromatic N) is 1. The Labute approximate surface area is 149 Å². The van der Waals surface area contributed by atoms with Gasteiger partial charge in [-0.2, -0.15) is 13.2 Å². The van der Waals surface area contributed by atoms with Gasteiger partial charge in [0.25, 0.3) is 0 Å². The van der Waals surface area contributed by atoms with Crippen LogP contribution in [-0.4, -0.2) is 36.4 Å². The zero-order chi connectivity index (χ0) is 19.0. The molecule has 0 radical (unpaired) electrons. The number of alkyl halides is 3. The summed E-state index contributed by atoms with van der Waals surface area (Å²) < 4.78 is 37.3. The van der Waals surface area contributed by atoms with Crippen molar-refractivity contribution in [2.24, 2.45) is 5.92 Å². The van der Waals surface area contributed by atoms with Gasteiger partial charge in [-0.25, -0.2) is 4.98 Å². The van der Waals surface area contributed by atoms with Gasteiger partial charge in [-0.1, -0.05) is 12.8 Å². The molecule has 144 valence electrons. The summed E-state index contributed by atoms with van der Waals surface area (Å²) in [6, 6.07) is 2.23. The molecule has 26 heavy (non-hydrogen) atoms. The van der Waals surface area contributed by atoms with Crippen molar-refractivity contribution in [1.29, 1.82) is 0 Å². The van der Waals surface area contributed by atoms with Crippen LogP contribution in [0.5, 0.6) is 0 Å². The van der Waals surface area contributed by atoms with Crippen LogP contribution in [0.3, 0.4) is 0 Å². The largest absolute Gasteiger partial charge is 0.417 e. The van der Waals surface area contributed by atoms with Gasteiger partial charge < -0.3 is 16.0 Å². The van der Waals surface area contributed by atoms with Crippen LogP contribution in [0.4, 0.5) is 19.0 Å². The average Bonchev–Trinajstić information content (AvgIpc) is 3.14. The minimum Gasteiger partial charge on any atom is -0.370 e. The molecular formula is C17H23F3N4O2. The van der Waals surface area contributed by atoms with E-state index in [4.69, 9.17) is 0 Å². The van der Waals surface area contributed by atoms with Crippen LogP contribution in [0.15, 0.2) is 18.3 Å². The molecule has 0 aliphatic heterocycles. The van der Waals surface area contributed by atoms with Crippen molar-refractivity contribution in [3.05, 3.63) is 23.9 Å². The van der Waals surface area contributed by atoms with E-state index < -0.39 is 11.7 Å². The lowest BCUT2D eigenvalue weighted by Gasteiger charge is -2.11. The molecular weight excluding hydrogens is 349 g/mol. The Hall–Kier alpha value is -2.32. The van der Waals surface area contributed by atoms with Crippen LogP contribution in [-0.2, 0) is 15.8 Å². The second-order valence-electron chi connectivity index (χ2n) is 6.26. The van der Waals surface area contributed by atoms with Crippen molar-refractivity contribution in [1.82, 2.24) is 15.6 Å². The highest BCUT2D eigenvalue weighted by Crippen LogP contribution is 2.28. The first-order valence-corrected chi connectivity index (χ1v) is 8.68. The van der Waals surface area contributed by atoms with Crippen LogP contribution in [0.1, 0.15) is 37.7 Å². The molecule has 0 atom stereocenters. The molecule has 1 heterocycles. The van der Waals surface area contributed by atoms with Crippen molar-refractivity contribution in [2.45, 2.75) is 38.3 Å². The maximum absolute atomic E-state index is 12.4. The standard InChI is InChI=1S/C17H23F3N4O2/c18-17(19,20)13-6-7-14(23-10-13)21-8-3-9-22-15(25)11-24-16(26)12-4-1-2-5-12/h6-7,10,12H,1-5,8-9,11H2,(H,21,23)(H,22,25)(H,24,26). The fourth-order valence-corrected chi connectivity index (χ4v) is 2.76. The molecule has 0 aromatic carbocycles. The van der Waals surface area contributed by atoms with E-state index in [0.717, 1.165) is 37.9 Å². The zero-order valence-corrected chi connectivity index (χ0v) is 14.4. The van der Waals surface area contributed by atoms with E-state index in [-0.39, 0.29) is 24.3 Å². The van der Waals surface area contributed by atoms with Gasteiger partial charge in [0.15, 0.2) is 0 Å². The fourth-order valence-electron chi connectivity index (χ4n) is 2.76. The van der Waals surface area contributed by atoms with E-state index in [1.807, 2.05) is 0 Å². The van der Waals surface area contributed by atoms with Gasteiger partial charge in [0.1, 0.15) is 5.82 Å². The summed E-state index contributed by atoms with van der Waals surface area (Å²) in [4.78, 5) is 27.2. The van der Waals surface area contributed by atoms with Gasteiger partial charge in [-0.3, -0.25) is 9.59 Å². The molecule has 3 N–H and O–H groups in total. The monoisotopic (exact) mass is 372 g/mol. The molecule has 2 amide bonds. The Balaban J connectivity index is 1.55. The Morgan fingerprint density at radius 2 is 1.85 bits per heavy atom. The van der Waals surface area contributed by atoms with Gasteiger partial charge >= 0.3 is 6.18 Å². The lowest BCUT2D eigenvalue weighted by atomic mass is 10.1. The fraction of sp³-hybridized carbons (Fsp3) is 0.588. The second-order valence-corrected chi connectivity index (χ2v) is 6.26. The van der Waals surface area contributed by atoms with E-state index >= 15 is 0 Å². The number of anilines is 1. The first-order chi connectivity index (χ1) is 12.4. The van der Waals surface area contributed by atoms with Gasteiger partial charge in [-0.05, 0) is 31.4 Å². The first kappa shape index (κ1) is 20.0. The topological polar surface area (TPSA) is 83.1 Å². The number of amides is 2. The zero-order valence-electron chi connectivity index (χ0n) is 14.4. The maximum Gasteiger partial charge on any atom is 0.417 e. The number of nitrogens with one attached hydrogen (secondary N) is 3. The highest BCUT2D eigenvalue weighted by molar-refractivity contribution is 5.85. The first-order valence-electron chi connectivity index (χ1n) is 8.68. The molecule has 0 spiro atoms. The van der Waals surface area contributed by atoms with Crippen molar-refractivity contribution in [3.63, 3.8) is 0 Å². The Morgan fingerprint density at radius 3 is 2.46 bits per heavy atom. The third-order valence-corrected chi connectivity index (χ3v) is 4.22. The molecule has 0 saturated heterocycles. The number of hydrogen-bond acceptors (Lipinski definition) is 4. The molecule has 9 heteroatoms. The Morgan fingerprint density at radius 1 is 1.12 bits per heavy atom. The Kier molecular flexibility index (Phi) is 7.23. The minimum absolute atomic E-state index is 0.0308. The van der Waals surface area contributed by atoms with Crippen LogP contribution in [0, 0.1) is 5.92 Å². The van der Waals surface area contributed by atoms with Crippen LogP contribution in [0.25, 0.3) is 0 Å². The molecule has 1 aliphatic rings. The highest BCUT2D eigenvalue weighted by Gasteiger charge is 2.30. The van der Waals surface area contributed by atoms with Crippen LogP contribution >= 0.6 is 0 Å². The highest BCUT2D eigenvalue weighted by atomic mass is 19.4. The summed E-state index contributed by atoms with van der Waals surface area (Å²) in [5.41, 5.74) is -0.796. The Bertz CT molecular complexity index is 599. The molecule has 2 rings (SSSR count).